The summed E-state index contributed by atoms with van der Waals surface area (Å²) in [5, 5.41) is 19.2. The minimum absolute atomic E-state index is 0.0289. The standard InChI is InChI=1S/C22H20N4O2/c1-3-15-8-10-16(11-9-15)21-18(14-24-26-21)12-17(13-23)22(27)25-19-6-4-5-7-20(19)28-2/h4-12,14H,3H2,1-2H3,(H,24,26)(H,25,27)/b17-12-. The van der Waals surface area contributed by atoms with Crippen molar-refractivity contribution in [1.82, 2.24) is 10.2 Å². The molecule has 3 rings (SSSR count). The van der Waals surface area contributed by atoms with E-state index in [2.05, 4.69) is 22.4 Å². The summed E-state index contributed by atoms with van der Waals surface area (Å²) >= 11 is 0. The maximum atomic E-state index is 12.6. The van der Waals surface area contributed by atoms with Crippen LogP contribution in [0.25, 0.3) is 17.3 Å². The minimum Gasteiger partial charge on any atom is -0.495 e. The summed E-state index contributed by atoms with van der Waals surface area (Å²) in [4.78, 5) is 12.6. The predicted octanol–water partition coefficient (Wildman–Crippen LogP) is 4.19. The van der Waals surface area contributed by atoms with Gasteiger partial charge in [0, 0.05) is 11.1 Å². The number of ether oxygens (including phenoxy) is 1. The van der Waals surface area contributed by atoms with Crippen molar-refractivity contribution in [3.05, 3.63) is 71.4 Å². The average Bonchev–Trinajstić information content (AvgIpc) is 3.20. The van der Waals surface area contributed by atoms with Gasteiger partial charge in [-0.25, -0.2) is 0 Å². The van der Waals surface area contributed by atoms with Crippen LogP contribution in [0, 0.1) is 11.3 Å². The number of carbonyl (C=O) groups excluding carboxylic acids is 1. The lowest BCUT2D eigenvalue weighted by Crippen LogP contribution is -2.14. The predicted molar refractivity (Wildman–Crippen MR) is 109 cm³/mol. The van der Waals surface area contributed by atoms with Crippen molar-refractivity contribution in [1.29, 1.82) is 5.26 Å². The van der Waals surface area contributed by atoms with E-state index < -0.39 is 5.91 Å². The highest BCUT2D eigenvalue weighted by Gasteiger charge is 2.14. The molecule has 0 atom stereocenters. The molecule has 0 aliphatic heterocycles. The molecule has 1 amide bonds. The molecule has 2 N–H and O–H groups in total. The van der Waals surface area contributed by atoms with E-state index in [0.717, 1.165) is 17.7 Å². The lowest BCUT2D eigenvalue weighted by molar-refractivity contribution is -0.112. The van der Waals surface area contributed by atoms with Crippen molar-refractivity contribution in [2.45, 2.75) is 13.3 Å². The van der Waals surface area contributed by atoms with Gasteiger partial charge < -0.3 is 10.1 Å². The highest BCUT2D eigenvalue weighted by atomic mass is 16.5. The quantitative estimate of drug-likeness (QED) is 0.501. The van der Waals surface area contributed by atoms with Crippen LogP contribution < -0.4 is 10.1 Å². The smallest absolute Gasteiger partial charge is 0.266 e. The Morgan fingerprint density at radius 1 is 1.25 bits per heavy atom. The third-order valence-corrected chi connectivity index (χ3v) is 4.34. The van der Waals surface area contributed by atoms with Gasteiger partial charge in [-0.15, -0.1) is 0 Å². The van der Waals surface area contributed by atoms with Gasteiger partial charge in [0.15, 0.2) is 0 Å². The highest BCUT2D eigenvalue weighted by molar-refractivity contribution is 6.10. The van der Waals surface area contributed by atoms with Crippen LogP contribution in [0.3, 0.4) is 0 Å². The molecule has 140 valence electrons. The summed E-state index contributed by atoms with van der Waals surface area (Å²) in [7, 11) is 1.52. The van der Waals surface area contributed by atoms with E-state index in [-0.39, 0.29) is 5.57 Å². The van der Waals surface area contributed by atoms with E-state index in [1.807, 2.05) is 30.3 Å². The van der Waals surface area contributed by atoms with Crippen LogP contribution >= 0.6 is 0 Å². The van der Waals surface area contributed by atoms with Crippen LogP contribution in [0.1, 0.15) is 18.1 Å². The minimum atomic E-state index is -0.513. The van der Waals surface area contributed by atoms with E-state index >= 15 is 0 Å². The number of aromatic amines is 1. The van der Waals surface area contributed by atoms with Crippen LogP contribution in [-0.2, 0) is 11.2 Å². The number of aromatic nitrogens is 2. The molecule has 0 aliphatic rings. The SMILES string of the molecule is CCc1ccc(-c2[nH]ncc2/C=C(/C#N)C(=O)Nc2ccccc2OC)cc1. The second-order valence-electron chi connectivity index (χ2n) is 6.08. The number of aryl methyl sites for hydroxylation is 1. The monoisotopic (exact) mass is 372 g/mol. The lowest BCUT2D eigenvalue weighted by Gasteiger charge is -2.09. The number of benzene rings is 2. The zero-order valence-electron chi connectivity index (χ0n) is 15.7. The molecule has 28 heavy (non-hydrogen) atoms. The third kappa shape index (κ3) is 4.10. The molecular weight excluding hydrogens is 352 g/mol. The summed E-state index contributed by atoms with van der Waals surface area (Å²) in [5.74, 6) is 0.00800. The molecule has 0 spiro atoms. The molecule has 0 fully saturated rings. The van der Waals surface area contributed by atoms with Crippen LogP contribution in [0.2, 0.25) is 0 Å². The first kappa shape index (κ1) is 18.9. The molecule has 0 saturated heterocycles. The summed E-state index contributed by atoms with van der Waals surface area (Å²) < 4.78 is 5.23. The van der Waals surface area contributed by atoms with E-state index in [4.69, 9.17) is 4.74 Å². The summed E-state index contributed by atoms with van der Waals surface area (Å²) in [5.41, 5.74) is 4.05. The van der Waals surface area contributed by atoms with Gasteiger partial charge in [-0.3, -0.25) is 9.89 Å². The molecular formula is C22H20N4O2. The Kier molecular flexibility index (Phi) is 5.87. The number of nitrogens with one attached hydrogen (secondary N) is 2. The zero-order valence-corrected chi connectivity index (χ0v) is 15.7. The fraction of sp³-hybridized carbons (Fsp3) is 0.136. The molecule has 3 aromatic rings. The van der Waals surface area contributed by atoms with Crippen molar-refractivity contribution >= 4 is 17.7 Å². The number of hydrogen-bond acceptors (Lipinski definition) is 4. The summed E-state index contributed by atoms with van der Waals surface area (Å²) in [6.45, 7) is 2.10. The highest BCUT2D eigenvalue weighted by Crippen LogP contribution is 2.26. The zero-order chi connectivity index (χ0) is 19.9. The normalized spacial score (nSPS) is 11.0. The number of para-hydroxylation sites is 2. The molecule has 1 aromatic heterocycles. The largest absolute Gasteiger partial charge is 0.495 e. The van der Waals surface area contributed by atoms with Crippen molar-refractivity contribution in [2.24, 2.45) is 0 Å². The number of anilines is 1. The average molecular weight is 372 g/mol. The van der Waals surface area contributed by atoms with E-state index in [1.54, 1.807) is 30.5 Å². The Morgan fingerprint density at radius 2 is 2.00 bits per heavy atom. The Hall–Kier alpha value is -3.85. The first-order valence-corrected chi connectivity index (χ1v) is 8.85. The topological polar surface area (TPSA) is 90.8 Å². The second-order valence-corrected chi connectivity index (χ2v) is 6.08. The molecule has 6 nitrogen and oxygen atoms in total. The summed E-state index contributed by atoms with van der Waals surface area (Å²) in [6.07, 6.45) is 4.08. The number of nitrogens with zero attached hydrogens (tertiary/aromatic N) is 2. The second kappa shape index (κ2) is 8.69. The van der Waals surface area contributed by atoms with Gasteiger partial charge in [-0.2, -0.15) is 10.4 Å². The molecule has 0 bridgehead atoms. The van der Waals surface area contributed by atoms with Gasteiger partial charge >= 0.3 is 0 Å². The van der Waals surface area contributed by atoms with Gasteiger partial charge in [0.25, 0.3) is 5.91 Å². The van der Waals surface area contributed by atoms with Crippen LogP contribution in [0.4, 0.5) is 5.69 Å². The maximum absolute atomic E-state index is 12.6. The van der Waals surface area contributed by atoms with E-state index in [1.165, 1.54) is 18.7 Å². The third-order valence-electron chi connectivity index (χ3n) is 4.34. The molecule has 0 aliphatic carbocycles. The number of H-pyrrole nitrogens is 1. The molecule has 0 radical (unpaired) electrons. The van der Waals surface area contributed by atoms with Crippen LogP contribution in [0.15, 0.2) is 60.3 Å². The number of carbonyl (C=O) groups is 1. The Morgan fingerprint density at radius 3 is 2.68 bits per heavy atom. The van der Waals surface area contributed by atoms with Crippen molar-refractivity contribution < 1.29 is 9.53 Å². The molecule has 6 heteroatoms. The van der Waals surface area contributed by atoms with Gasteiger partial charge in [-0.05, 0) is 30.2 Å². The van der Waals surface area contributed by atoms with Crippen molar-refractivity contribution in [3.8, 4) is 23.1 Å². The van der Waals surface area contributed by atoms with E-state index in [9.17, 15) is 10.1 Å². The number of nitriles is 1. The first-order valence-electron chi connectivity index (χ1n) is 8.85. The number of hydrogen-bond donors (Lipinski definition) is 2. The Bertz CT molecular complexity index is 1040. The Labute approximate surface area is 163 Å². The fourth-order valence-corrected chi connectivity index (χ4v) is 2.78. The lowest BCUT2D eigenvalue weighted by atomic mass is 10.0. The Balaban J connectivity index is 1.88. The van der Waals surface area contributed by atoms with Gasteiger partial charge in [0.05, 0.1) is 24.7 Å². The van der Waals surface area contributed by atoms with Gasteiger partial charge in [0.1, 0.15) is 17.4 Å². The van der Waals surface area contributed by atoms with Crippen molar-refractivity contribution in [3.63, 3.8) is 0 Å². The number of amides is 1. The first-order chi connectivity index (χ1) is 13.7. The molecule has 0 unspecified atom stereocenters. The fourth-order valence-electron chi connectivity index (χ4n) is 2.78. The molecule has 1 heterocycles. The number of rotatable bonds is 6. The van der Waals surface area contributed by atoms with Gasteiger partial charge in [0.2, 0.25) is 0 Å². The summed E-state index contributed by atoms with van der Waals surface area (Å²) in [6, 6.07) is 17.1. The molecule has 2 aromatic carbocycles. The van der Waals surface area contributed by atoms with Crippen LogP contribution in [0.5, 0.6) is 5.75 Å². The maximum Gasteiger partial charge on any atom is 0.266 e. The van der Waals surface area contributed by atoms with E-state index in [0.29, 0.717) is 17.0 Å². The van der Waals surface area contributed by atoms with Crippen molar-refractivity contribution in [2.75, 3.05) is 12.4 Å². The molecule has 0 saturated carbocycles. The van der Waals surface area contributed by atoms with Crippen LogP contribution in [-0.4, -0.2) is 23.2 Å². The number of methoxy groups -OCH3 is 1. The van der Waals surface area contributed by atoms with Gasteiger partial charge in [-0.1, -0.05) is 43.3 Å².